The van der Waals surface area contributed by atoms with Crippen molar-refractivity contribution in [1.29, 1.82) is 0 Å². The first-order valence-electron chi connectivity index (χ1n) is 4.16. The van der Waals surface area contributed by atoms with Crippen molar-refractivity contribution in [2.24, 2.45) is 5.41 Å². The van der Waals surface area contributed by atoms with Crippen molar-refractivity contribution in [3.8, 4) is 0 Å². The van der Waals surface area contributed by atoms with Gasteiger partial charge in [-0.2, -0.15) is 0 Å². The molecule has 0 amide bonds. The van der Waals surface area contributed by atoms with Crippen LogP contribution in [0.15, 0.2) is 24.3 Å². The van der Waals surface area contributed by atoms with E-state index in [0.29, 0.717) is 0 Å². The summed E-state index contributed by atoms with van der Waals surface area (Å²) in [6.07, 6.45) is 3.56. The van der Waals surface area contributed by atoms with E-state index in [4.69, 9.17) is 5.11 Å². The Morgan fingerprint density at radius 2 is 1.69 bits per heavy atom. The molecule has 1 aliphatic rings. The van der Waals surface area contributed by atoms with Crippen molar-refractivity contribution < 1.29 is 9.90 Å². The molecular weight excluding hydrogens is 164 g/mol. The standard InChI is InChI=1S/C11H10O2/c1-11(10(12)13)6-8-4-2-3-5-9(8)7-11/h2-7H,1H3,(H,12,13). The zero-order valence-corrected chi connectivity index (χ0v) is 7.32. The summed E-state index contributed by atoms with van der Waals surface area (Å²) in [5.41, 5.74) is -0.830. The third kappa shape index (κ3) is 1.15. The summed E-state index contributed by atoms with van der Waals surface area (Å²) in [5.74, 6) is -0.802. The van der Waals surface area contributed by atoms with Crippen LogP contribution in [-0.4, -0.2) is 11.1 Å². The van der Waals surface area contributed by atoms with E-state index in [-0.39, 0.29) is 0 Å². The molecule has 0 aromatic heterocycles. The van der Waals surface area contributed by atoms with E-state index >= 15 is 0 Å². The van der Waals surface area contributed by atoms with Crippen LogP contribution in [0.1, 0.15) is 6.92 Å². The van der Waals surface area contributed by atoms with Crippen LogP contribution >= 0.6 is 0 Å². The Bertz CT molecular complexity index is 436. The van der Waals surface area contributed by atoms with Gasteiger partial charge in [0.2, 0.25) is 0 Å². The minimum Gasteiger partial charge on any atom is -0.480 e. The summed E-state index contributed by atoms with van der Waals surface area (Å²) in [4.78, 5) is 10.9. The van der Waals surface area contributed by atoms with Gasteiger partial charge in [0.25, 0.3) is 0 Å². The van der Waals surface area contributed by atoms with Crippen molar-refractivity contribution in [1.82, 2.24) is 0 Å². The van der Waals surface area contributed by atoms with E-state index in [1.807, 2.05) is 24.3 Å². The molecule has 0 fully saturated rings. The van der Waals surface area contributed by atoms with E-state index in [9.17, 15) is 4.79 Å². The molecule has 66 valence electrons. The average molecular weight is 174 g/mol. The van der Waals surface area contributed by atoms with Gasteiger partial charge in [0.1, 0.15) is 5.41 Å². The van der Waals surface area contributed by atoms with Gasteiger partial charge in [-0.1, -0.05) is 36.4 Å². The zero-order chi connectivity index (χ0) is 9.47. The molecule has 1 N–H and O–H groups in total. The monoisotopic (exact) mass is 174 g/mol. The molecule has 2 rings (SSSR count). The highest BCUT2D eigenvalue weighted by molar-refractivity contribution is 5.91. The number of benzene rings is 1. The first kappa shape index (κ1) is 8.05. The Morgan fingerprint density at radius 1 is 1.23 bits per heavy atom. The van der Waals surface area contributed by atoms with Crippen molar-refractivity contribution in [3.05, 3.63) is 34.7 Å². The van der Waals surface area contributed by atoms with Crippen LogP contribution < -0.4 is 10.4 Å². The van der Waals surface area contributed by atoms with Crippen LogP contribution in [0.2, 0.25) is 0 Å². The van der Waals surface area contributed by atoms with Gasteiger partial charge in [0, 0.05) is 0 Å². The van der Waals surface area contributed by atoms with Crippen LogP contribution in [0, 0.1) is 5.41 Å². The second kappa shape index (κ2) is 2.46. The zero-order valence-electron chi connectivity index (χ0n) is 7.32. The lowest BCUT2D eigenvalue weighted by molar-refractivity contribution is -0.141. The van der Waals surface area contributed by atoms with Crippen LogP contribution in [0.4, 0.5) is 0 Å². The fraction of sp³-hybridized carbons (Fsp3) is 0.182. The van der Waals surface area contributed by atoms with Gasteiger partial charge >= 0.3 is 5.97 Å². The quantitative estimate of drug-likeness (QED) is 0.667. The number of carbonyl (C=O) groups is 1. The molecular formula is C11H10O2. The van der Waals surface area contributed by atoms with Gasteiger partial charge in [0.05, 0.1) is 0 Å². The molecule has 0 bridgehead atoms. The smallest absolute Gasteiger partial charge is 0.317 e. The Kier molecular flexibility index (Phi) is 1.52. The highest BCUT2D eigenvalue weighted by Gasteiger charge is 2.29. The Morgan fingerprint density at radius 3 is 2.08 bits per heavy atom. The predicted octanol–water partition coefficient (Wildman–Crippen LogP) is 0.352. The molecule has 0 saturated heterocycles. The Balaban J connectivity index is 2.70. The summed E-state index contributed by atoms with van der Waals surface area (Å²) in [6.45, 7) is 1.70. The van der Waals surface area contributed by atoms with E-state index in [1.165, 1.54) is 0 Å². The molecule has 0 saturated carbocycles. The van der Waals surface area contributed by atoms with Gasteiger partial charge < -0.3 is 5.11 Å². The summed E-state index contributed by atoms with van der Waals surface area (Å²) in [5, 5.41) is 11.0. The second-order valence-corrected chi connectivity index (χ2v) is 3.51. The number of carboxylic acids is 1. The molecule has 1 aromatic carbocycles. The van der Waals surface area contributed by atoms with Gasteiger partial charge in [0.15, 0.2) is 0 Å². The Labute approximate surface area is 75.8 Å². The molecule has 0 heterocycles. The topological polar surface area (TPSA) is 37.3 Å². The van der Waals surface area contributed by atoms with Crippen molar-refractivity contribution in [3.63, 3.8) is 0 Å². The van der Waals surface area contributed by atoms with Crippen LogP contribution in [0.3, 0.4) is 0 Å². The third-order valence-corrected chi connectivity index (χ3v) is 2.37. The van der Waals surface area contributed by atoms with Crippen LogP contribution in [-0.2, 0) is 4.79 Å². The van der Waals surface area contributed by atoms with Gasteiger partial charge in [-0.3, -0.25) is 4.79 Å². The van der Waals surface area contributed by atoms with Gasteiger partial charge in [-0.15, -0.1) is 0 Å². The average Bonchev–Trinajstić information content (AvgIpc) is 2.42. The van der Waals surface area contributed by atoms with Crippen molar-refractivity contribution in [2.45, 2.75) is 6.92 Å². The van der Waals surface area contributed by atoms with Gasteiger partial charge in [-0.25, -0.2) is 0 Å². The predicted molar refractivity (Wildman–Crippen MR) is 50.4 cm³/mol. The minimum atomic E-state index is -0.830. The Hall–Kier alpha value is -1.57. The summed E-state index contributed by atoms with van der Waals surface area (Å²) < 4.78 is 0. The second-order valence-electron chi connectivity index (χ2n) is 3.51. The van der Waals surface area contributed by atoms with E-state index in [0.717, 1.165) is 10.4 Å². The largest absolute Gasteiger partial charge is 0.480 e. The number of carboxylic acid groups (broad SMARTS) is 1. The fourth-order valence-electron chi connectivity index (χ4n) is 1.58. The molecule has 2 nitrogen and oxygen atoms in total. The molecule has 1 aliphatic carbocycles. The lowest BCUT2D eigenvalue weighted by Gasteiger charge is -2.11. The number of rotatable bonds is 1. The molecule has 1 aromatic rings. The first-order chi connectivity index (χ1) is 6.12. The highest BCUT2D eigenvalue weighted by Crippen LogP contribution is 2.22. The molecule has 0 spiro atoms. The normalized spacial score (nSPS) is 17.0. The summed E-state index contributed by atoms with van der Waals surface area (Å²) >= 11 is 0. The number of fused-ring (bicyclic) bond motifs is 1. The lowest BCUT2D eigenvalue weighted by atomic mass is 9.93. The van der Waals surface area contributed by atoms with Gasteiger partial charge in [-0.05, 0) is 17.4 Å². The number of hydrogen-bond acceptors (Lipinski definition) is 1. The number of hydrogen-bond donors (Lipinski definition) is 1. The van der Waals surface area contributed by atoms with Crippen molar-refractivity contribution in [2.75, 3.05) is 0 Å². The fourth-order valence-corrected chi connectivity index (χ4v) is 1.58. The molecule has 13 heavy (non-hydrogen) atoms. The summed E-state index contributed by atoms with van der Waals surface area (Å²) in [6, 6.07) is 7.69. The summed E-state index contributed by atoms with van der Waals surface area (Å²) in [7, 11) is 0. The van der Waals surface area contributed by atoms with Crippen molar-refractivity contribution >= 4 is 18.1 Å². The molecule has 0 atom stereocenters. The lowest BCUT2D eigenvalue weighted by Crippen LogP contribution is -2.20. The maximum absolute atomic E-state index is 10.9. The van der Waals surface area contributed by atoms with E-state index < -0.39 is 11.4 Å². The first-order valence-corrected chi connectivity index (χ1v) is 4.16. The molecule has 0 aliphatic heterocycles. The highest BCUT2D eigenvalue weighted by atomic mass is 16.4. The minimum absolute atomic E-state index is 0.802. The SMILES string of the molecule is CC1(C(=O)O)C=c2ccccc2=C1. The van der Waals surface area contributed by atoms with Crippen LogP contribution in [0.25, 0.3) is 12.2 Å². The molecule has 0 unspecified atom stereocenters. The van der Waals surface area contributed by atoms with E-state index in [2.05, 4.69) is 0 Å². The maximum atomic E-state index is 10.9. The molecule has 2 heteroatoms. The maximum Gasteiger partial charge on any atom is 0.317 e. The molecule has 0 radical (unpaired) electrons. The van der Waals surface area contributed by atoms with Crippen LogP contribution in [0.5, 0.6) is 0 Å². The van der Waals surface area contributed by atoms with E-state index in [1.54, 1.807) is 19.1 Å². The third-order valence-electron chi connectivity index (χ3n) is 2.37. The number of aliphatic carboxylic acids is 1.